The van der Waals surface area contributed by atoms with E-state index in [0.29, 0.717) is 30.5 Å². The van der Waals surface area contributed by atoms with Gasteiger partial charge in [-0.2, -0.15) is 0 Å². The van der Waals surface area contributed by atoms with Gasteiger partial charge in [0.05, 0.1) is 4.92 Å². The Hall–Kier alpha value is -2.64. The molecule has 8 nitrogen and oxygen atoms in total. The highest BCUT2D eigenvalue weighted by molar-refractivity contribution is 5.96. The van der Waals surface area contributed by atoms with Gasteiger partial charge in [0, 0.05) is 30.8 Å². The molecular formula is C13H17N3O5. The van der Waals surface area contributed by atoms with Crippen molar-refractivity contribution in [3.8, 4) is 0 Å². The number of benzene rings is 1. The highest BCUT2D eigenvalue weighted by Gasteiger charge is 2.14. The number of rotatable bonds is 7. The maximum atomic E-state index is 12.0. The van der Waals surface area contributed by atoms with Gasteiger partial charge in [0.15, 0.2) is 0 Å². The Morgan fingerprint density at radius 1 is 1.29 bits per heavy atom. The van der Waals surface area contributed by atoms with Crippen LogP contribution in [-0.4, -0.2) is 35.1 Å². The number of nitro groups is 1. The van der Waals surface area contributed by atoms with Crippen molar-refractivity contribution in [2.45, 2.75) is 19.8 Å². The van der Waals surface area contributed by atoms with Crippen LogP contribution in [-0.2, 0) is 6.42 Å². The molecule has 0 spiro atoms. The first-order chi connectivity index (χ1) is 9.95. The third-order valence-electron chi connectivity index (χ3n) is 2.84. The zero-order valence-corrected chi connectivity index (χ0v) is 11.6. The molecule has 0 bridgehead atoms. The summed E-state index contributed by atoms with van der Waals surface area (Å²) >= 11 is 0. The highest BCUT2D eigenvalue weighted by Crippen LogP contribution is 2.18. The lowest BCUT2D eigenvalue weighted by molar-refractivity contribution is -0.384. The van der Waals surface area contributed by atoms with Crippen molar-refractivity contribution in [2.24, 2.45) is 0 Å². The second kappa shape index (κ2) is 7.83. The predicted octanol–water partition coefficient (Wildman–Crippen LogP) is 1.54. The van der Waals surface area contributed by atoms with E-state index in [4.69, 9.17) is 5.11 Å². The first kappa shape index (κ1) is 16.4. The average molecular weight is 295 g/mol. The summed E-state index contributed by atoms with van der Waals surface area (Å²) in [6.07, 6.45) is -0.137. The van der Waals surface area contributed by atoms with Gasteiger partial charge in [-0.1, -0.05) is 6.92 Å². The molecule has 8 heteroatoms. The molecule has 0 fully saturated rings. The lowest BCUT2D eigenvalue weighted by atomic mass is 10.0. The normalized spacial score (nSPS) is 9.95. The number of nitrogens with one attached hydrogen (secondary N) is 2. The third kappa shape index (κ3) is 5.09. The van der Waals surface area contributed by atoms with Crippen LogP contribution >= 0.6 is 0 Å². The van der Waals surface area contributed by atoms with E-state index >= 15 is 0 Å². The number of aryl methyl sites for hydroxylation is 1. The molecule has 0 saturated carbocycles. The Morgan fingerprint density at radius 2 is 1.95 bits per heavy atom. The zero-order valence-electron chi connectivity index (χ0n) is 11.6. The number of carboxylic acid groups (broad SMARTS) is 1. The SMILES string of the molecule is CCc1cc([N+](=O)[O-])ccc1C(=O)NCCCNC(=O)O. The van der Waals surface area contributed by atoms with Gasteiger partial charge in [-0.25, -0.2) is 4.79 Å². The molecule has 3 N–H and O–H groups in total. The molecular weight excluding hydrogens is 278 g/mol. The van der Waals surface area contributed by atoms with Crippen LogP contribution in [0.25, 0.3) is 0 Å². The minimum Gasteiger partial charge on any atom is -0.465 e. The van der Waals surface area contributed by atoms with Crippen LogP contribution in [0.4, 0.5) is 10.5 Å². The standard InChI is InChI=1S/C13H17N3O5/c1-2-9-8-10(16(20)21)4-5-11(9)12(17)14-6-3-7-15-13(18)19/h4-5,8,15H,2-3,6-7H2,1H3,(H,14,17)(H,18,19). The van der Waals surface area contributed by atoms with Crippen LogP contribution < -0.4 is 10.6 Å². The van der Waals surface area contributed by atoms with Crippen molar-refractivity contribution in [3.05, 3.63) is 39.4 Å². The molecule has 1 aromatic carbocycles. The average Bonchev–Trinajstić information content (AvgIpc) is 2.45. The Kier molecular flexibility index (Phi) is 6.12. The Balaban J connectivity index is 2.61. The van der Waals surface area contributed by atoms with Gasteiger partial charge in [0.25, 0.3) is 11.6 Å². The summed E-state index contributed by atoms with van der Waals surface area (Å²) in [4.78, 5) is 32.4. The van der Waals surface area contributed by atoms with Crippen molar-refractivity contribution < 1.29 is 19.6 Å². The van der Waals surface area contributed by atoms with E-state index < -0.39 is 11.0 Å². The summed E-state index contributed by atoms with van der Waals surface area (Å²) in [5, 5.41) is 23.9. The van der Waals surface area contributed by atoms with Crippen LogP contribution in [0.2, 0.25) is 0 Å². The monoisotopic (exact) mass is 295 g/mol. The lowest BCUT2D eigenvalue weighted by Crippen LogP contribution is -2.29. The summed E-state index contributed by atoms with van der Waals surface area (Å²) in [6.45, 7) is 2.38. The van der Waals surface area contributed by atoms with Crippen LogP contribution in [0.1, 0.15) is 29.3 Å². The summed E-state index contributed by atoms with van der Waals surface area (Å²) in [5.74, 6) is -0.322. The highest BCUT2D eigenvalue weighted by atomic mass is 16.6. The Labute approximate surface area is 121 Å². The lowest BCUT2D eigenvalue weighted by Gasteiger charge is -2.09. The van der Waals surface area contributed by atoms with Gasteiger partial charge < -0.3 is 15.7 Å². The first-order valence-corrected chi connectivity index (χ1v) is 6.48. The van der Waals surface area contributed by atoms with Gasteiger partial charge in [-0.05, 0) is 24.5 Å². The van der Waals surface area contributed by atoms with E-state index in [0.717, 1.165) is 0 Å². The molecule has 0 saturated heterocycles. The Bertz CT molecular complexity index is 545. The molecule has 21 heavy (non-hydrogen) atoms. The van der Waals surface area contributed by atoms with E-state index in [1.54, 1.807) is 0 Å². The molecule has 1 rings (SSSR count). The molecule has 0 aliphatic heterocycles. The van der Waals surface area contributed by atoms with Crippen molar-refractivity contribution in [2.75, 3.05) is 13.1 Å². The fourth-order valence-corrected chi connectivity index (χ4v) is 1.79. The molecule has 0 unspecified atom stereocenters. The largest absolute Gasteiger partial charge is 0.465 e. The fraction of sp³-hybridized carbons (Fsp3) is 0.385. The van der Waals surface area contributed by atoms with Gasteiger partial charge in [0.2, 0.25) is 0 Å². The van der Waals surface area contributed by atoms with Crippen molar-refractivity contribution >= 4 is 17.7 Å². The predicted molar refractivity (Wildman–Crippen MR) is 75.5 cm³/mol. The van der Waals surface area contributed by atoms with E-state index in [2.05, 4.69) is 10.6 Å². The summed E-state index contributed by atoms with van der Waals surface area (Å²) in [5.41, 5.74) is 0.953. The van der Waals surface area contributed by atoms with Crippen LogP contribution in [0.5, 0.6) is 0 Å². The minimum atomic E-state index is -1.11. The maximum absolute atomic E-state index is 12.0. The number of carbonyl (C=O) groups excluding carboxylic acids is 1. The third-order valence-corrected chi connectivity index (χ3v) is 2.84. The van der Waals surface area contributed by atoms with E-state index in [1.165, 1.54) is 18.2 Å². The van der Waals surface area contributed by atoms with E-state index in [-0.39, 0.29) is 18.1 Å². The number of hydrogen-bond donors (Lipinski definition) is 3. The summed E-state index contributed by atoms with van der Waals surface area (Å²) < 4.78 is 0. The molecule has 0 aromatic heterocycles. The number of hydrogen-bond acceptors (Lipinski definition) is 4. The van der Waals surface area contributed by atoms with Gasteiger partial charge in [-0.3, -0.25) is 14.9 Å². The number of nitrogens with zero attached hydrogens (tertiary/aromatic N) is 1. The number of non-ortho nitro benzene ring substituents is 1. The zero-order chi connectivity index (χ0) is 15.8. The van der Waals surface area contributed by atoms with E-state index in [1.807, 2.05) is 6.92 Å². The van der Waals surface area contributed by atoms with Crippen molar-refractivity contribution in [1.29, 1.82) is 0 Å². The summed E-state index contributed by atoms with van der Waals surface area (Å²) in [7, 11) is 0. The summed E-state index contributed by atoms with van der Waals surface area (Å²) in [6, 6.07) is 4.11. The maximum Gasteiger partial charge on any atom is 0.404 e. The second-order valence-electron chi connectivity index (χ2n) is 4.29. The fourth-order valence-electron chi connectivity index (χ4n) is 1.79. The number of nitro benzene ring substituents is 1. The molecule has 0 aliphatic rings. The molecule has 0 aliphatic carbocycles. The minimum absolute atomic E-state index is 0.0472. The van der Waals surface area contributed by atoms with Crippen molar-refractivity contribution in [1.82, 2.24) is 10.6 Å². The molecule has 0 heterocycles. The first-order valence-electron chi connectivity index (χ1n) is 6.48. The molecule has 0 atom stereocenters. The molecule has 1 aromatic rings. The molecule has 2 amide bonds. The van der Waals surface area contributed by atoms with Gasteiger partial charge in [-0.15, -0.1) is 0 Å². The number of carbonyl (C=O) groups is 2. The van der Waals surface area contributed by atoms with Gasteiger partial charge in [0.1, 0.15) is 0 Å². The number of amides is 2. The van der Waals surface area contributed by atoms with E-state index in [9.17, 15) is 19.7 Å². The smallest absolute Gasteiger partial charge is 0.404 e. The van der Waals surface area contributed by atoms with Crippen LogP contribution in [0, 0.1) is 10.1 Å². The Morgan fingerprint density at radius 3 is 2.52 bits per heavy atom. The molecule has 0 radical (unpaired) electrons. The van der Waals surface area contributed by atoms with Crippen LogP contribution in [0.3, 0.4) is 0 Å². The van der Waals surface area contributed by atoms with Crippen LogP contribution in [0.15, 0.2) is 18.2 Å². The van der Waals surface area contributed by atoms with Gasteiger partial charge >= 0.3 is 6.09 Å². The quantitative estimate of drug-likeness (QED) is 0.400. The topological polar surface area (TPSA) is 122 Å². The molecule has 114 valence electrons. The second-order valence-corrected chi connectivity index (χ2v) is 4.29. The van der Waals surface area contributed by atoms with Crippen molar-refractivity contribution in [3.63, 3.8) is 0 Å².